The first-order valence-electron chi connectivity index (χ1n) is 6.93. The normalized spacial score (nSPS) is 22.6. The highest BCUT2D eigenvalue weighted by Crippen LogP contribution is 2.02. The van der Waals surface area contributed by atoms with E-state index in [-0.39, 0.29) is 6.61 Å². The molecule has 0 saturated carbocycles. The van der Waals surface area contributed by atoms with Crippen LogP contribution in [0.15, 0.2) is 30.3 Å². The lowest BCUT2D eigenvalue weighted by molar-refractivity contribution is -0.146. The van der Waals surface area contributed by atoms with Crippen LogP contribution in [0, 0.1) is 0 Å². The third kappa shape index (κ3) is 4.05. The molecule has 0 aliphatic rings. The van der Waals surface area contributed by atoms with Gasteiger partial charge in [-0.1, -0.05) is 30.3 Å². The molecule has 0 bridgehead atoms. The molecule has 0 saturated heterocycles. The Kier molecular flexibility index (Phi) is 1.90. The van der Waals surface area contributed by atoms with E-state index in [2.05, 4.69) is 4.74 Å². The predicted molar refractivity (Wildman–Crippen MR) is 52.5 cm³/mol. The molecule has 0 radical (unpaired) electrons. The van der Waals surface area contributed by atoms with Crippen LogP contribution in [0.2, 0.25) is 0 Å². The fourth-order valence-electron chi connectivity index (χ4n) is 0.856. The van der Waals surface area contributed by atoms with E-state index in [1.54, 1.807) is 30.3 Å². The van der Waals surface area contributed by atoms with Crippen molar-refractivity contribution in [3.63, 3.8) is 0 Å². The summed E-state index contributed by atoms with van der Waals surface area (Å²) in [4.78, 5) is 11.6. The Bertz CT molecular complexity index is 469. The van der Waals surface area contributed by atoms with Crippen LogP contribution in [0.25, 0.3) is 0 Å². The van der Waals surface area contributed by atoms with Crippen molar-refractivity contribution in [1.82, 2.24) is 0 Å². The molecule has 1 rings (SSSR count). The number of hydrogen-bond donors (Lipinski definition) is 1. The van der Waals surface area contributed by atoms with E-state index in [1.807, 2.05) is 0 Å². The smallest absolute Gasteiger partial charge is 0.308 e. The molecule has 14 heavy (non-hydrogen) atoms. The highest BCUT2D eigenvalue weighted by atomic mass is 16.5. The van der Waals surface area contributed by atoms with Crippen molar-refractivity contribution < 1.29 is 22.9 Å². The van der Waals surface area contributed by atoms with E-state index in [1.165, 1.54) is 0 Å². The predicted octanol–water partition coefficient (Wildman–Crippen LogP) is 1.50. The van der Waals surface area contributed by atoms with E-state index in [4.69, 9.17) is 8.22 Å². The van der Waals surface area contributed by atoms with Crippen molar-refractivity contribution in [2.75, 3.05) is 0 Å². The number of aliphatic hydroxyl groups is 1. The Labute approximate surface area is 91.8 Å². The molecular formula is C11H14O3. The minimum absolute atomic E-state index is 0.281. The number of rotatable bonds is 4. The second kappa shape index (κ2) is 5.40. The molecule has 3 heteroatoms. The topological polar surface area (TPSA) is 46.5 Å². The number of hydrogen-bond acceptors (Lipinski definition) is 3. The van der Waals surface area contributed by atoms with Gasteiger partial charge >= 0.3 is 5.97 Å². The highest BCUT2D eigenvalue weighted by molar-refractivity contribution is 5.69. The van der Waals surface area contributed by atoms with Crippen LogP contribution < -0.4 is 0 Å². The van der Waals surface area contributed by atoms with Crippen LogP contribution in [-0.4, -0.2) is 17.2 Å². The van der Waals surface area contributed by atoms with Crippen LogP contribution in [0.3, 0.4) is 0 Å². The molecule has 1 unspecified atom stereocenters. The average molecular weight is 200 g/mol. The zero-order chi connectivity index (χ0) is 15.6. The summed E-state index contributed by atoms with van der Waals surface area (Å²) in [5.74, 6) is -1.60. The monoisotopic (exact) mass is 200 g/mol. The minimum Gasteiger partial charge on any atom is -0.461 e. The maximum Gasteiger partial charge on any atom is 0.308 e. The number of carbonyl (C=O) groups is 1. The molecule has 0 aliphatic heterocycles. The third-order valence-electron chi connectivity index (χ3n) is 1.43. The SMILES string of the molecule is [2H]C([2H])([2H])C([2H])(O)C([2H])([2H])C(=O)OCc1ccccc1. The van der Waals surface area contributed by atoms with Crippen molar-refractivity contribution in [2.45, 2.75) is 25.9 Å². The largest absolute Gasteiger partial charge is 0.461 e. The number of esters is 1. The molecule has 76 valence electrons. The maximum absolute atomic E-state index is 11.6. The van der Waals surface area contributed by atoms with E-state index < -0.39 is 25.3 Å². The maximum atomic E-state index is 11.6. The van der Waals surface area contributed by atoms with Gasteiger partial charge in [0.25, 0.3) is 0 Å². The summed E-state index contributed by atoms with van der Waals surface area (Å²) in [6.07, 6.45) is -6.97. The molecule has 0 spiro atoms. The highest BCUT2D eigenvalue weighted by Gasteiger charge is 2.06. The van der Waals surface area contributed by atoms with E-state index >= 15 is 0 Å². The lowest BCUT2D eigenvalue weighted by Crippen LogP contribution is -2.12. The van der Waals surface area contributed by atoms with Gasteiger partial charge in [-0.2, -0.15) is 0 Å². The molecular weight excluding hydrogens is 180 g/mol. The van der Waals surface area contributed by atoms with Crippen LogP contribution in [-0.2, 0) is 16.1 Å². The van der Waals surface area contributed by atoms with Gasteiger partial charge in [-0.05, 0) is 12.4 Å². The van der Waals surface area contributed by atoms with Gasteiger partial charge in [-0.3, -0.25) is 4.79 Å². The fraction of sp³-hybridized carbons (Fsp3) is 0.364. The zero-order valence-corrected chi connectivity index (χ0v) is 7.36. The number of carbonyl (C=O) groups excluding carboxylic acids is 1. The second-order valence-electron chi connectivity index (χ2n) is 2.54. The number of ether oxygens (including phenoxy) is 1. The molecule has 0 aliphatic carbocycles. The van der Waals surface area contributed by atoms with Gasteiger partial charge in [0.1, 0.15) is 6.61 Å². The van der Waals surface area contributed by atoms with Gasteiger partial charge in [0.05, 0.1) is 13.8 Å². The van der Waals surface area contributed by atoms with Gasteiger partial charge in [0, 0.05) is 6.85 Å². The molecule has 1 aromatic rings. The molecule has 0 aromatic heterocycles. The van der Waals surface area contributed by atoms with Crippen LogP contribution in [0.5, 0.6) is 0 Å². The Hall–Kier alpha value is -1.35. The van der Waals surface area contributed by atoms with Gasteiger partial charge < -0.3 is 9.84 Å². The second-order valence-corrected chi connectivity index (χ2v) is 2.54. The summed E-state index contributed by atoms with van der Waals surface area (Å²) in [7, 11) is 0. The molecule has 1 aromatic carbocycles. The first kappa shape index (κ1) is 4.94. The summed E-state index contributed by atoms with van der Waals surface area (Å²) in [6.45, 7) is -3.67. The summed E-state index contributed by atoms with van der Waals surface area (Å²) < 4.78 is 47.3. The summed E-state index contributed by atoms with van der Waals surface area (Å²) in [6, 6.07) is 8.35. The first-order chi connectivity index (χ1) is 9.00. The van der Waals surface area contributed by atoms with E-state index in [9.17, 15) is 9.90 Å². The van der Waals surface area contributed by atoms with Crippen molar-refractivity contribution in [3.8, 4) is 0 Å². The minimum atomic E-state index is -3.59. The first-order valence-corrected chi connectivity index (χ1v) is 3.93. The lowest BCUT2D eigenvalue weighted by atomic mass is 10.2. The Balaban J connectivity index is 2.80. The Morgan fingerprint density at radius 1 is 1.71 bits per heavy atom. The van der Waals surface area contributed by atoms with Crippen LogP contribution in [0.1, 0.15) is 27.0 Å². The molecule has 0 amide bonds. The molecule has 0 fully saturated rings. The summed E-state index contributed by atoms with van der Waals surface area (Å²) >= 11 is 0. The van der Waals surface area contributed by atoms with Gasteiger partial charge in [-0.15, -0.1) is 0 Å². The molecule has 1 N–H and O–H groups in total. The average Bonchev–Trinajstić information content (AvgIpc) is 2.35. The number of benzene rings is 1. The fourth-order valence-corrected chi connectivity index (χ4v) is 0.856. The summed E-state index contributed by atoms with van der Waals surface area (Å²) in [5.41, 5.74) is 0.569. The van der Waals surface area contributed by atoms with Crippen molar-refractivity contribution in [2.24, 2.45) is 0 Å². The van der Waals surface area contributed by atoms with E-state index in [0.717, 1.165) is 0 Å². The van der Waals surface area contributed by atoms with E-state index in [0.29, 0.717) is 5.56 Å². The van der Waals surface area contributed by atoms with Crippen molar-refractivity contribution >= 4 is 5.97 Å². The lowest BCUT2D eigenvalue weighted by Gasteiger charge is -2.05. The quantitative estimate of drug-likeness (QED) is 0.749. The molecule has 0 heterocycles. The van der Waals surface area contributed by atoms with Crippen LogP contribution >= 0.6 is 0 Å². The van der Waals surface area contributed by atoms with Crippen LogP contribution in [0.4, 0.5) is 0 Å². The standard InChI is InChI=1S/C11H14O3/c1-9(12)7-11(13)14-8-10-5-3-2-4-6-10/h2-6,9,12H,7-8H2,1H3/i1D3,7D2,9D. The Morgan fingerprint density at radius 2 is 2.43 bits per heavy atom. The van der Waals surface area contributed by atoms with Gasteiger partial charge in [0.2, 0.25) is 0 Å². The van der Waals surface area contributed by atoms with Gasteiger partial charge in [0.15, 0.2) is 0 Å². The summed E-state index contributed by atoms with van der Waals surface area (Å²) in [5, 5.41) is 9.47. The van der Waals surface area contributed by atoms with Gasteiger partial charge in [-0.25, -0.2) is 0 Å². The molecule has 3 nitrogen and oxygen atoms in total. The van der Waals surface area contributed by atoms with Crippen molar-refractivity contribution in [1.29, 1.82) is 0 Å². The molecule has 1 atom stereocenters. The Morgan fingerprint density at radius 3 is 3.07 bits per heavy atom. The van der Waals surface area contributed by atoms with Crippen molar-refractivity contribution in [3.05, 3.63) is 35.9 Å². The zero-order valence-electron chi connectivity index (χ0n) is 13.4. The third-order valence-corrected chi connectivity index (χ3v) is 1.43.